The zero-order valence-electron chi connectivity index (χ0n) is 10.3. The van der Waals surface area contributed by atoms with Crippen LogP contribution in [0.2, 0.25) is 0 Å². The molecule has 2 aromatic heterocycles. The summed E-state index contributed by atoms with van der Waals surface area (Å²) in [5.74, 6) is 0.754. The summed E-state index contributed by atoms with van der Waals surface area (Å²) in [6.45, 7) is 4.02. The van der Waals surface area contributed by atoms with E-state index in [0.717, 1.165) is 32.1 Å². The molecule has 0 spiro atoms. The topological polar surface area (TPSA) is 49.7 Å². The average Bonchev–Trinajstić information content (AvgIpc) is 2.95. The highest BCUT2D eigenvalue weighted by molar-refractivity contribution is 5.19. The van der Waals surface area contributed by atoms with E-state index in [0.29, 0.717) is 0 Å². The van der Waals surface area contributed by atoms with E-state index in [-0.39, 0.29) is 0 Å². The normalized spacial score (nSPS) is 20.0. The molecular formula is C13H17N5. The molecule has 2 aromatic rings. The minimum Gasteiger partial charge on any atom is -0.347 e. The second kappa shape index (κ2) is 3.95. The van der Waals surface area contributed by atoms with Crippen molar-refractivity contribution < 1.29 is 0 Å². The average molecular weight is 243 g/mol. The standard InChI is InChI=1S/C13H17N5/c1-2-10(1)13-5-12-8-17(3-4-18(12)16-13)7-11-6-14-9-15-11/h5-6,9-10H,1-4,7-8H2,(H,14,15). The van der Waals surface area contributed by atoms with E-state index < -0.39 is 0 Å². The summed E-state index contributed by atoms with van der Waals surface area (Å²) < 4.78 is 2.19. The number of hydrogen-bond acceptors (Lipinski definition) is 3. The van der Waals surface area contributed by atoms with Gasteiger partial charge in [0.15, 0.2) is 0 Å². The van der Waals surface area contributed by atoms with Crippen molar-refractivity contribution in [2.45, 2.75) is 38.4 Å². The van der Waals surface area contributed by atoms with Crippen molar-refractivity contribution in [3.8, 4) is 0 Å². The van der Waals surface area contributed by atoms with Crippen molar-refractivity contribution in [3.05, 3.63) is 35.7 Å². The van der Waals surface area contributed by atoms with Crippen LogP contribution in [0.1, 0.15) is 35.8 Å². The molecule has 94 valence electrons. The van der Waals surface area contributed by atoms with Crippen LogP contribution in [0, 0.1) is 0 Å². The number of H-pyrrole nitrogens is 1. The largest absolute Gasteiger partial charge is 0.347 e. The Balaban J connectivity index is 1.50. The minimum absolute atomic E-state index is 0.754. The van der Waals surface area contributed by atoms with Gasteiger partial charge in [-0.3, -0.25) is 9.58 Å². The lowest BCUT2D eigenvalue weighted by molar-refractivity contribution is 0.203. The van der Waals surface area contributed by atoms with Gasteiger partial charge in [0.05, 0.1) is 24.3 Å². The van der Waals surface area contributed by atoms with Crippen molar-refractivity contribution >= 4 is 0 Å². The summed E-state index contributed by atoms with van der Waals surface area (Å²) in [5, 5.41) is 4.71. The van der Waals surface area contributed by atoms with Crippen LogP contribution >= 0.6 is 0 Å². The maximum Gasteiger partial charge on any atom is 0.0922 e. The Labute approximate surface area is 106 Å². The molecule has 1 aliphatic carbocycles. The highest BCUT2D eigenvalue weighted by Gasteiger charge is 2.28. The molecular weight excluding hydrogens is 226 g/mol. The van der Waals surface area contributed by atoms with Crippen molar-refractivity contribution in [2.75, 3.05) is 6.54 Å². The van der Waals surface area contributed by atoms with E-state index in [9.17, 15) is 0 Å². The van der Waals surface area contributed by atoms with Crippen LogP contribution in [0.15, 0.2) is 18.6 Å². The van der Waals surface area contributed by atoms with Gasteiger partial charge >= 0.3 is 0 Å². The summed E-state index contributed by atoms with van der Waals surface area (Å²) in [6, 6.07) is 2.30. The summed E-state index contributed by atoms with van der Waals surface area (Å²) in [5.41, 5.74) is 3.86. The van der Waals surface area contributed by atoms with Gasteiger partial charge in [0.1, 0.15) is 0 Å². The van der Waals surface area contributed by atoms with Crippen LogP contribution in [-0.4, -0.2) is 31.2 Å². The van der Waals surface area contributed by atoms with Crippen LogP contribution in [0.3, 0.4) is 0 Å². The summed E-state index contributed by atoms with van der Waals surface area (Å²) in [7, 11) is 0. The molecule has 0 aromatic carbocycles. The van der Waals surface area contributed by atoms with Gasteiger partial charge < -0.3 is 4.98 Å². The molecule has 0 radical (unpaired) electrons. The zero-order valence-corrected chi connectivity index (χ0v) is 10.3. The third-order valence-corrected chi connectivity index (χ3v) is 3.84. The Bertz CT molecular complexity index is 538. The first kappa shape index (κ1) is 10.3. The number of aromatic nitrogens is 4. The van der Waals surface area contributed by atoms with Crippen LogP contribution in [0.5, 0.6) is 0 Å². The lowest BCUT2D eigenvalue weighted by atomic mass is 10.2. The molecule has 0 unspecified atom stereocenters. The number of fused-ring (bicyclic) bond motifs is 1. The number of imidazole rings is 1. The van der Waals surface area contributed by atoms with Gasteiger partial charge in [-0.1, -0.05) is 0 Å². The van der Waals surface area contributed by atoms with Gasteiger partial charge in [0.2, 0.25) is 0 Å². The first-order valence-electron chi connectivity index (χ1n) is 6.65. The van der Waals surface area contributed by atoms with Crippen molar-refractivity contribution in [2.24, 2.45) is 0 Å². The van der Waals surface area contributed by atoms with Crippen LogP contribution < -0.4 is 0 Å². The van der Waals surface area contributed by atoms with Crippen molar-refractivity contribution in [1.82, 2.24) is 24.6 Å². The molecule has 0 saturated heterocycles. The third kappa shape index (κ3) is 1.84. The van der Waals surface area contributed by atoms with Crippen LogP contribution in [-0.2, 0) is 19.6 Å². The fourth-order valence-electron chi connectivity index (χ4n) is 2.67. The highest BCUT2D eigenvalue weighted by Crippen LogP contribution is 2.39. The molecule has 1 aliphatic heterocycles. The van der Waals surface area contributed by atoms with Gasteiger partial charge in [0, 0.05) is 37.4 Å². The van der Waals surface area contributed by atoms with Gasteiger partial charge in [-0.15, -0.1) is 0 Å². The third-order valence-electron chi connectivity index (χ3n) is 3.84. The molecule has 5 heteroatoms. The first-order chi connectivity index (χ1) is 8.88. The maximum absolute atomic E-state index is 4.71. The number of rotatable bonds is 3. The fraction of sp³-hybridized carbons (Fsp3) is 0.538. The summed E-state index contributed by atoms with van der Waals surface area (Å²) in [6.07, 6.45) is 6.30. The predicted molar refractivity (Wildman–Crippen MR) is 66.9 cm³/mol. The molecule has 4 rings (SSSR count). The molecule has 18 heavy (non-hydrogen) atoms. The van der Waals surface area contributed by atoms with Crippen LogP contribution in [0.4, 0.5) is 0 Å². The van der Waals surface area contributed by atoms with E-state index in [1.165, 1.54) is 29.9 Å². The lowest BCUT2D eigenvalue weighted by Gasteiger charge is -2.26. The molecule has 3 heterocycles. The minimum atomic E-state index is 0.754. The Morgan fingerprint density at radius 1 is 1.33 bits per heavy atom. The Morgan fingerprint density at radius 3 is 3.06 bits per heavy atom. The second-order valence-electron chi connectivity index (χ2n) is 5.35. The van der Waals surface area contributed by atoms with E-state index >= 15 is 0 Å². The fourth-order valence-corrected chi connectivity index (χ4v) is 2.67. The molecule has 0 amide bonds. The molecule has 1 fully saturated rings. The van der Waals surface area contributed by atoms with Gasteiger partial charge in [-0.05, 0) is 18.9 Å². The van der Waals surface area contributed by atoms with E-state index in [1.807, 2.05) is 6.20 Å². The number of nitrogens with one attached hydrogen (secondary N) is 1. The quantitative estimate of drug-likeness (QED) is 0.888. The number of aromatic amines is 1. The first-order valence-corrected chi connectivity index (χ1v) is 6.65. The Kier molecular flexibility index (Phi) is 2.26. The smallest absolute Gasteiger partial charge is 0.0922 e. The number of nitrogens with zero attached hydrogens (tertiary/aromatic N) is 4. The van der Waals surface area contributed by atoms with E-state index in [4.69, 9.17) is 5.10 Å². The molecule has 1 saturated carbocycles. The summed E-state index contributed by atoms with van der Waals surface area (Å²) in [4.78, 5) is 9.68. The van der Waals surface area contributed by atoms with Gasteiger partial charge in [0.25, 0.3) is 0 Å². The van der Waals surface area contributed by atoms with Gasteiger partial charge in [-0.25, -0.2) is 4.98 Å². The van der Waals surface area contributed by atoms with E-state index in [1.54, 1.807) is 6.33 Å². The monoisotopic (exact) mass is 243 g/mol. The molecule has 0 atom stereocenters. The Hall–Kier alpha value is -1.62. The zero-order chi connectivity index (χ0) is 11.9. The van der Waals surface area contributed by atoms with Crippen molar-refractivity contribution in [3.63, 3.8) is 0 Å². The summed E-state index contributed by atoms with van der Waals surface area (Å²) >= 11 is 0. The number of hydrogen-bond donors (Lipinski definition) is 1. The lowest BCUT2D eigenvalue weighted by Crippen LogP contribution is -2.33. The van der Waals surface area contributed by atoms with E-state index in [2.05, 4.69) is 25.6 Å². The maximum atomic E-state index is 4.71. The Morgan fingerprint density at radius 2 is 2.28 bits per heavy atom. The highest BCUT2D eigenvalue weighted by atomic mass is 15.3. The van der Waals surface area contributed by atoms with Crippen LogP contribution in [0.25, 0.3) is 0 Å². The predicted octanol–water partition coefficient (Wildman–Crippen LogP) is 1.50. The SMILES string of the molecule is c1ncc(CN2CCn3nc(C4CC4)cc3C2)[nH]1. The van der Waals surface area contributed by atoms with Gasteiger partial charge in [-0.2, -0.15) is 5.10 Å². The molecule has 2 aliphatic rings. The molecule has 5 nitrogen and oxygen atoms in total. The molecule has 1 N–H and O–H groups in total. The molecule has 0 bridgehead atoms. The van der Waals surface area contributed by atoms with Crippen molar-refractivity contribution in [1.29, 1.82) is 0 Å². The second-order valence-corrected chi connectivity index (χ2v) is 5.35.